The van der Waals surface area contributed by atoms with E-state index >= 15 is 0 Å². The minimum atomic E-state index is -1.77. The molecule has 1 N–H and O–H groups in total. The predicted octanol–water partition coefficient (Wildman–Crippen LogP) is 3.48. The molecular formula is C20H20OSSi. The molecule has 3 heteroatoms. The predicted molar refractivity (Wildman–Crippen MR) is 101 cm³/mol. The highest BCUT2D eigenvalue weighted by Crippen LogP contribution is 2.42. The molecule has 1 aromatic heterocycles. The molecule has 0 aliphatic carbocycles. The highest BCUT2D eigenvalue weighted by atomic mass is 32.1. The van der Waals surface area contributed by atoms with E-state index in [1.807, 2.05) is 30.3 Å². The van der Waals surface area contributed by atoms with Crippen molar-refractivity contribution in [2.75, 3.05) is 0 Å². The standard InChI is InChI=1S/C20H20OSSi/c1-14-9-10-17-16(13-14)20(21,15-7-5-4-6-8-15)19-18(11-12-22-19)23(17,2)3/h4-13,21H,1-3H3. The van der Waals surface area contributed by atoms with Crippen LogP contribution in [0, 0.1) is 6.92 Å². The molecule has 0 saturated carbocycles. The van der Waals surface area contributed by atoms with Gasteiger partial charge >= 0.3 is 0 Å². The lowest BCUT2D eigenvalue weighted by molar-refractivity contribution is 0.131. The largest absolute Gasteiger partial charge is 0.375 e. The first-order chi connectivity index (χ1) is 11.0. The number of fused-ring (bicyclic) bond motifs is 2. The highest BCUT2D eigenvalue weighted by Gasteiger charge is 2.48. The Morgan fingerprint density at radius 2 is 1.70 bits per heavy atom. The van der Waals surface area contributed by atoms with Crippen LogP contribution in [-0.2, 0) is 5.60 Å². The molecule has 2 heterocycles. The molecule has 1 nitrogen and oxygen atoms in total. The van der Waals surface area contributed by atoms with Gasteiger partial charge in [0, 0.05) is 4.88 Å². The Balaban J connectivity index is 2.12. The Morgan fingerprint density at radius 3 is 2.43 bits per heavy atom. The first-order valence-corrected chi connectivity index (χ1v) is 11.8. The molecule has 1 unspecified atom stereocenters. The quantitative estimate of drug-likeness (QED) is 0.675. The zero-order valence-electron chi connectivity index (χ0n) is 13.6. The second-order valence-corrected chi connectivity index (χ2v) is 12.2. The smallest absolute Gasteiger partial charge is 0.149 e. The second kappa shape index (κ2) is 4.90. The van der Waals surface area contributed by atoms with Gasteiger partial charge in [0.1, 0.15) is 13.7 Å². The summed E-state index contributed by atoms with van der Waals surface area (Å²) in [5.41, 5.74) is 2.20. The van der Waals surface area contributed by atoms with Crippen LogP contribution in [0.15, 0.2) is 60.0 Å². The third kappa shape index (κ3) is 1.94. The molecule has 2 aromatic carbocycles. The van der Waals surface area contributed by atoms with Gasteiger partial charge in [0.2, 0.25) is 0 Å². The van der Waals surface area contributed by atoms with E-state index in [4.69, 9.17) is 0 Å². The lowest BCUT2D eigenvalue weighted by Crippen LogP contribution is -2.62. The molecule has 1 aliphatic heterocycles. The van der Waals surface area contributed by atoms with Gasteiger partial charge in [-0.3, -0.25) is 0 Å². The van der Waals surface area contributed by atoms with Crippen LogP contribution >= 0.6 is 11.3 Å². The first kappa shape index (κ1) is 14.9. The molecule has 1 aliphatic rings. The molecule has 0 saturated heterocycles. The number of aliphatic hydroxyl groups is 1. The molecule has 0 amide bonds. The van der Waals surface area contributed by atoms with Gasteiger partial charge in [-0.1, -0.05) is 73.3 Å². The monoisotopic (exact) mass is 336 g/mol. The van der Waals surface area contributed by atoms with Crippen LogP contribution in [0.1, 0.15) is 21.6 Å². The van der Waals surface area contributed by atoms with E-state index in [9.17, 15) is 5.11 Å². The molecule has 3 aromatic rings. The van der Waals surface area contributed by atoms with E-state index in [1.165, 1.54) is 15.9 Å². The van der Waals surface area contributed by atoms with Crippen molar-refractivity contribution in [3.05, 3.63) is 81.5 Å². The van der Waals surface area contributed by atoms with E-state index in [0.717, 1.165) is 16.0 Å². The minimum Gasteiger partial charge on any atom is -0.375 e. The van der Waals surface area contributed by atoms with E-state index in [1.54, 1.807) is 11.3 Å². The van der Waals surface area contributed by atoms with Crippen LogP contribution in [0.4, 0.5) is 0 Å². The molecule has 0 fully saturated rings. The van der Waals surface area contributed by atoms with E-state index in [2.05, 4.69) is 49.7 Å². The van der Waals surface area contributed by atoms with Gasteiger partial charge in [0.15, 0.2) is 0 Å². The van der Waals surface area contributed by atoms with Crippen molar-refractivity contribution < 1.29 is 5.11 Å². The van der Waals surface area contributed by atoms with Crippen molar-refractivity contribution in [3.8, 4) is 0 Å². The SMILES string of the molecule is Cc1ccc2c(c1)C(O)(c1ccccc1)c1sccc1[Si]2(C)C. The zero-order valence-corrected chi connectivity index (χ0v) is 15.4. The lowest BCUT2D eigenvalue weighted by Gasteiger charge is -2.41. The number of aryl methyl sites for hydroxylation is 1. The van der Waals surface area contributed by atoms with Crippen LogP contribution in [-0.4, -0.2) is 13.2 Å². The average Bonchev–Trinajstić information content (AvgIpc) is 3.05. The summed E-state index contributed by atoms with van der Waals surface area (Å²) in [6, 6.07) is 18.9. The normalized spacial score (nSPS) is 21.6. The molecule has 23 heavy (non-hydrogen) atoms. The summed E-state index contributed by atoms with van der Waals surface area (Å²) in [6.07, 6.45) is 0. The molecule has 0 bridgehead atoms. The van der Waals surface area contributed by atoms with Gasteiger partial charge in [-0.05, 0) is 33.8 Å². The topological polar surface area (TPSA) is 20.2 Å². The van der Waals surface area contributed by atoms with Crippen molar-refractivity contribution in [1.29, 1.82) is 0 Å². The average molecular weight is 337 g/mol. The maximum Gasteiger partial charge on any atom is 0.149 e. The van der Waals surface area contributed by atoms with E-state index < -0.39 is 13.7 Å². The zero-order chi connectivity index (χ0) is 16.2. The Bertz CT molecular complexity index is 882. The van der Waals surface area contributed by atoms with Gasteiger partial charge in [-0.2, -0.15) is 0 Å². The lowest BCUT2D eigenvalue weighted by atomic mass is 9.84. The fraction of sp³-hybridized carbons (Fsp3) is 0.200. The number of thiophene rings is 1. The fourth-order valence-corrected chi connectivity index (χ4v) is 8.78. The molecule has 0 spiro atoms. The van der Waals surface area contributed by atoms with Gasteiger partial charge in [0.25, 0.3) is 0 Å². The van der Waals surface area contributed by atoms with Crippen LogP contribution in [0.3, 0.4) is 0 Å². The van der Waals surface area contributed by atoms with Crippen LogP contribution in [0.5, 0.6) is 0 Å². The van der Waals surface area contributed by atoms with E-state index in [-0.39, 0.29) is 0 Å². The Kier molecular flexibility index (Phi) is 3.17. The minimum absolute atomic E-state index is 0.958. The highest BCUT2D eigenvalue weighted by molar-refractivity contribution is 7.14. The summed E-state index contributed by atoms with van der Waals surface area (Å²) in [7, 11) is -1.77. The van der Waals surface area contributed by atoms with Crippen molar-refractivity contribution in [2.24, 2.45) is 0 Å². The molecule has 116 valence electrons. The van der Waals surface area contributed by atoms with Gasteiger partial charge in [-0.25, -0.2) is 0 Å². The number of hydrogen-bond acceptors (Lipinski definition) is 2. The molecule has 0 radical (unpaired) electrons. The third-order valence-electron chi connectivity index (χ3n) is 5.10. The first-order valence-electron chi connectivity index (χ1n) is 7.93. The fourth-order valence-electron chi connectivity index (χ4n) is 3.82. The number of hydrogen-bond donors (Lipinski definition) is 1. The second-order valence-electron chi connectivity index (χ2n) is 6.91. The summed E-state index contributed by atoms with van der Waals surface area (Å²) < 4.78 is 0. The van der Waals surface area contributed by atoms with E-state index in [0.29, 0.717) is 0 Å². The summed E-state index contributed by atoms with van der Waals surface area (Å²) in [4.78, 5) is 1.11. The van der Waals surface area contributed by atoms with Crippen molar-refractivity contribution in [3.63, 3.8) is 0 Å². The summed E-state index contributed by atoms with van der Waals surface area (Å²) in [5.74, 6) is 0. The van der Waals surface area contributed by atoms with Gasteiger partial charge < -0.3 is 5.11 Å². The molecule has 4 rings (SSSR count). The third-order valence-corrected chi connectivity index (χ3v) is 9.85. The number of benzene rings is 2. The van der Waals surface area contributed by atoms with Crippen molar-refractivity contribution >= 4 is 29.8 Å². The van der Waals surface area contributed by atoms with Crippen LogP contribution in [0.2, 0.25) is 13.1 Å². The van der Waals surface area contributed by atoms with Crippen molar-refractivity contribution in [1.82, 2.24) is 0 Å². The van der Waals surface area contributed by atoms with Crippen molar-refractivity contribution in [2.45, 2.75) is 25.6 Å². The Morgan fingerprint density at radius 1 is 0.957 bits per heavy atom. The maximum absolute atomic E-state index is 11.9. The Hall–Kier alpha value is -1.68. The number of rotatable bonds is 1. The molecule has 1 atom stereocenters. The summed E-state index contributed by atoms with van der Waals surface area (Å²) in [5, 5.41) is 16.8. The van der Waals surface area contributed by atoms with Crippen LogP contribution in [0.25, 0.3) is 0 Å². The Labute approximate surface area is 142 Å². The molecular weight excluding hydrogens is 316 g/mol. The van der Waals surface area contributed by atoms with Gasteiger partial charge in [0.05, 0.1) is 0 Å². The summed E-state index contributed by atoms with van der Waals surface area (Å²) >= 11 is 1.68. The van der Waals surface area contributed by atoms with Gasteiger partial charge in [-0.15, -0.1) is 11.3 Å². The maximum atomic E-state index is 11.9. The van der Waals surface area contributed by atoms with Crippen LogP contribution < -0.4 is 10.4 Å². The summed E-state index contributed by atoms with van der Waals surface area (Å²) in [6.45, 7) is 6.87.